The van der Waals surface area contributed by atoms with Crippen molar-refractivity contribution in [1.82, 2.24) is 24.8 Å². The number of nitrogens with one attached hydrogen (secondary N) is 1. The first kappa shape index (κ1) is 26.0. The molecular formula is C32H31N7O3. The molecule has 10 nitrogen and oxygen atoms in total. The molecule has 5 aromatic rings. The zero-order valence-corrected chi connectivity index (χ0v) is 23.0. The van der Waals surface area contributed by atoms with Crippen LogP contribution < -0.4 is 16.0 Å². The lowest BCUT2D eigenvalue weighted by Crippen LogP contribution is -2.50. The molecule has 42 heavy (non-hydrogen) atoms. The molecule has 10 heteroatoms. The fourth-order valence-corrected chi connectivity index (χ4v) is 5.98. The summed E-state index contributed by atoms with van der Waals surface area (Å²) >= 11 is 0. The highest BCUT2D eigenvalue weighted by Crippen LogP contribution is 2.42. The zero-order valence-electron chi connectivity index (χ0n) is 23.0. The second-order valence-electron chi connectivity index (χ2n) is 10.8. The number of hydrogen-bond acceptors (Lipinski definition) is 7. The van der Waals surface area contributed by atoms with E-state index in [0.29, 0.717) is 22.9 Å². The van der Waals surface area contributed by atoms with Gasteiger partial charge < -0.3 is 25.8 Å². The van der Waals surface area contributed by atoms with E-state index in [1.807, 2.05) is 53.1 Å². The second-order valence-corrected chi connectivity index (χ2v) is 10.8. The smallest absolute Gasteiger partial charge is 0.405 e. The molecule has 1 amide bonds. The Balaban J connectivity index is 1.34. The number of anilines is 2. The number of morpholine rings is 1. The Hall–Kier alpha value is -4.96. The average Bonchev–Trinajstić information content (AvgIpc) is 3.38. The van der Waals surface area contributed by atoms with E-state index in [2.05, 4.69) is 39.5 Å². The van der Waals surface area contributed by atoms with Crippen LogP contribution in [-0.2, 0) is 10.3 Å². The van der Waals surface area contributed by atoms with Gasteiger partial charge in [0.05, 0.1) is 30.0 Å². The molecule has 0 radical (unpaired) electrons. The monoisotopic (exact) mass is 561 g/mol. The molecule has 1 aliphatic carbocycles. The summed E-state index contributed by atoms with van der Waals surface area (Å²) in [5.41, 5.74) is 12.7. The Morgan fingerprint density at radius 2 is 1.76 bits per heavy atom. The molecule has 0 spiro atoms. The molecule has 0 atom stereocenters. The Labute approximate surface area is 242 Å². The van der Waals surface area contributed by atoms with E-state index in [1.54, 1.807) is 6.20 Å². The van der Waals surface area contributed by atoms with E-state index in [-0.39, 0.29) is 0 Å². The SMILES string of the molecule is Nc1ncccc1-c1nc2ccc(-c3cccc(N4CCOCC4)c3)nc2n1-c1ccc(C2(NC(=O)O)CCC2)cc1. The van der Waals surface area contributed by atoms with Crippen LogP contribution >= 0.6 is 0 Å². The summed E-state index contributed by atoms with van der Waals surface area (Å²) in [6.07, 6.45) is 3.18. The summed E-state index contributed by atoms with van der Waals surface area (Å²) in [6, 6.07) is 24.1. The second kappa shape index (κ2) is 10.5. The maximum Gasteiger partial charge on any atom is 0.405 e. The summed E-state index contributed by atoms with van der Waals surface area (Å²) in [5.74, 6) is 1.01. The Morgan fingerprint density at radius 3 is 2.48 bits per heavy atom. The van der Waals surface area contributed by atoms with Crippen molar-refractivity contribution in [2.45, 2.75) is 24.8 Å². The third-order valence-electron chi connectivity index (χ3n) is 8.33. The Bertz CT molecular complexity index is 1770. The van der Waals surface area contributed by atoms with Crippen molar-refractivity contribution in [3.05, 3.63) is 84.6 Å². The number of pyridine rings is 2. The van der Waals surface area contributed by atoms with Crippen LogP contribution in [0.4, 0.5) is 16.3 Å². The molecule has 0 bridgehead atoms. The number of carboxylic acid groups (broad SMARTS) is 1. The van der Waals surface area contributed by atoms with Crippen molar-refractivity contribution >= 4 is 28.8 Å². The largest absolute Gasteiger partial charge is 0.465 e. The van der Waals surface area contributed by atoms with E-state index < -0.39 is 11.6 Å². The molecule has 0 unspecified atom stereocenters. The third-order valence-corrected chi connectivity index (χ3v) is 8.33. The van der Waals surface area contributed by atoms with Gasteiger partial charge in [0.1, 0.15) is 11.3 Å². The van der Waals surface area contributed by atoms with Crippen LogP contribution in [-0.4, -0.2) is 57.0 Å². The number of nitrogens with zero attached hydrogens (tertiary/aromatic N) is 5. The molecule has 4 N–H and O–H groups in total. The van der Waals surface area contributed by atoms with Gasteiger partial charge in [-0.25, -0.2) is 19.7 Å². The van der Waals surface area contributed by atoms with Crippen LogP contribution in [0.3, 0.4) is 0 Å². The van der Waals surface area contributed by atoms with E-state index in [9.17, 15) is 9.90 Å². The lowest BCUT2D eigenvalue weighted by atomic mass is 9.72. The molecule has 2 aromatic carbocycles. The quantitative estimate of drug-likeness (QED) is 0.257. The third kappa shape index (κ3) is 4.59. The van der Waals surface area contributed by atoms with Crippen LogP contribution in [0.25, 0.3) is 39.5 Å². The number of imidazole rings is 1. The first-order valence-corrected chi connectivity index (χ1v) is 14.2. The summed E-state index contributed by atoms with van der Waals surface area (Å²) in [7, 11) is 0. The molecular weight excluding hydrogens is 530 g/mol. The summed E-state index contributed by atoms with van der Waals surface area (Å²) in [5, 5.41) is 12.2. The molecule has 1 aliphatic heterocycles. The number of nitrogens with two attached hydrogens (primary N) is 1. The first-order chi connectivity index (χ1) is 20.5. The topological polar surface area (TPSA) is 131 Å². The summed E-state index contributed by atoms with van der Waals surface area (Å²) in [6.45, 7) is 3.16. The van der Waals surface area contributed by atoms with Crippen molar-refractivity contribution in [2.24, 2.45) is 0 Å². The minimum Gasteiger partial charge on any atom is -0.465 e. The number of amides is 1. The lowest BCUT2D eigenvalue weighted by Gasteiger charge is -2.42. The van der Waals surface area contributed by atoms with Crippen molar-refractivity contribution < 1.29 is 14.6 Å². The molecule has 1 saturated carbocycles. The van der Waals surface area contributed by atoms with Crippen LogP contribution in [0, 0.1) is 0 Å². The number of hydrogen-bond donors (Lipinski definition) is 3. The molecule has 212 valence electrons. The lowest BCUT2D eigenvalue weighted by molar-refractivity contribution is 0.122. The standard InChI is InChI=1S/C32H31N7O3/c33-28-25(6-2-15-34-28)29-36-27-12-11-26(21-4-1-5-24(20-21)38-16-18-42-19-17-38)35-30(27)39(29)23-9-7-22(8-10-23)32(13-3-14-32)37-31(40)41/h1-2,4-12,15,20,37H,3,13-14,16-19H2,(H2,33,34)(H,40,41). The first-order valence-electron chi connectivity index (χ1n) is 14.2. The maximum atomic E-state index is 11.5. The Morgan fingerprint density at radius 1 is 0.952 bits per heavy atom. The molecule has 1 saturated heterocycles. The van der Waals surface area contributed by atoms with Gasteiger partial charge in [0.15, 0.2) is 11.5 Å². The fourth-order valence-electron chi connectivity index (χ4n) is 5.98. The summed E-state index contributed by atoms with van der Waals surface area (Å²) in [4.78, 5) is 28.2. The molecule has 2 fully saturated rings. The van der Waals surface area contributed by atoms with E-state index in [4.69, 9.17) is 20.4 Å². The number of rotatable bonds is 6. The highest BCUT2D eigenvalue weighted by atomic mass is 16.5. The van der Waals surface area contributed by atoms with Crippen LogP contribution in [0.1, 0.15) is 24.8 Å². The van der Waals surface area contributed by atoms with Crippen molar-refractivity contribution in [1.29, 1.82) is 0 Å². The van der Waals surface area contributed by atoms with Gasteiger partial charge in [0, 0.05) is 36.2 Å². The number of aromatic nitrogens is 4. The zero-order chi connectivity index (χ0) is 28.7. The van der Waals surface area contributed by atoms with Crippen LogP contribution in [0.15, 0.2) is 79.0 Å². The predicted molar refractivity (Wildman–Crippen MR) is 162 cm³/mol. The van der Waals surface area contributed by atoms with Gasteiger partial charge in [0.2, 0.25) is 0 Å². The number of nitrogen functional groups attached to an aromatic ring is 1. The normalized spacial score (nSPS) is 16.2. The highest BCUT2D eigenvalue weighted by molar-refractivity contribution is 5.85. The highest BCUT2D eigenvalue weighted by Gasteiger charge is 2.40. The van der Waals surface area contributed by atoms with E-state index >= 15 is 0 Å². The minimum absolute atomic E-state index is 0.378. The fraction of sp³-hybridized carbons (Fsp3) is 0.250. The van der Waals surface area contributed by atoms with E-state index in [0.717, 1.165) is 79.3 Å². The van der Waals surface area contributed by atoms with Gasteiger partial charge in [-0.2, -0.15) is 0 Å². The minimum atomic E-state index is -1.01. The number of ether oxygens (including phenoxy) is 1. The molecule has 7 rings (SSSR count). The van der Waals surface area contributed by atoms with Gasteiger partial charge in [-0.05, 0) is 73.4 Å². The van der Waals surface area contributed by atoms with Gasteiger partial charge >= 0.3 is 6.09 Å². The van der Waals surface area contributed by atoms with Crippen LogP contribution in [0.2, 0.25) is 0 Å². The van der Waals surface area contributed by atoms with Crippen molar-refractivity contribution in [3.8, 4) is 28.3 Å². The van der Waals surface area contributed by atoms with Gasteiger partial charge in [-0.1, -0.05) is 24.3 Å². The molecule has 3 aromatic heterocycles. The molecule has 4 heterocycles. The van der Waals surface area contributed by atoms with Crippen molar-refractivity contribution in [3.63, 3.8) is 0 Å². The van der Waals surface area contributed by atoms with Gasteiger partial charge in [0.25, 0.3) is 0 Å². The van der Waals surface area contributed by atoms with Gasteiger partial charge in [-0.15, -0.1) is 0 Å². The maximum absolute atomic E-state index is 11.5. The number of fused-ring (bicyclic) bond motifs is 1. The Kier molecular flexibility index (Phi) is 6.47. The van der Waals surface area contributed by atoms with E-state index in [1.165, 1.54) is 0 Å². The van der Waals surface area contributed by atoms with Crippen molar-refractivity contribution in [2.75, 3.05) is 36.9 Å². The number of carbonyl (C=O) groups is 1. The summed E-state index contributed by atoms with van der Waals surface area (Å²) < 4.78 is 7.53. The predicted octanol–water partition coefficient (Wildman–Crippen LogP) is 5.22. The van der Waals surface area contributed by atoms with Crippen LogP contribution in [0.5, 0.6) is 0 Å². The van der Waals surface area contributed by atoms with Gasteiger partial charge in [-0.3, -0.25) is 4.57 Å². The molecule has 2 aliphatic rings. The average molecular weight is 562 g/mol. The number of benzene rings is 2.